The van der Waals surface area contributed by atoms with Crippen LogP contribution in [0.1, 0.15) is 91.0 Å². The molecule has 1 saturated heterocycles. The van der Waals surface area contributed by atoms with E-state index in [0.717, 1.165) is 41.7 Å². The van der Waals surface area contributed by atoms with Gasteiger partial charge in [-0.15, -0.1) is 0 Å². The van der Waals surface area contributed by atoms with Crippen molar-refractivity contribution in [3.8, 4) is 0 Å². The first-order chi connectivity index (χ1) is 15.4. The third-order valence-corrected chi connectivity index (χ3v) is 6.56. The Balaban J connectivity index is 1.92. The lowest BCUT2D eigenvalue weighted by atomic mass is 9.75. The fraction of sp³-hybridized carbons (Fsp3) is 0.680. The van der Waals surface area contributed by atoms with E-state index < -0.39 is 23.9 Å². The van der Waals surface area contributed by atoms with E-state index in [1.165, 1.54) is 0 Å². The molecule has 0 saturated carbocycles. The lowest BCUT2D eigenvalue weighted by Gasteiger charge is -2.32. The molecule has 182 valence electrons. The average Bonchev–Trinajstić information content (AvgIpc) is 3.22. The van der Waals surface area contributed by atoms with Gasteiger partial charge in [0, 0.05) is 13.0 Å². The van der Waals surface area contributed by atoms with Gasteiger partial charge in [0.2, 0.25) is 0 Å². The summed E-state index contributed by atoms with van der Waals surface area (Å²) < 4.78 is 20.3. The van der Waals surface area contributed by atoms with Crippen LogP contribution in [-0.4, -0.2) is 44.8 Å². The van der Waals surface area contributed by atoms with E-state index >= 15 is 0 Å². The van der Waals surface area contributed by atoms with Gasteiger partial charge in [-0.25, -0.2) is 9.67 Å². The molecule has 0 spiro atoms. The molecular weight excluding hydrogens is 417 g/mol. The van der Waals surface area contributed by atoms with Crippen LogP contribution in [0.4, 0.5) is 0 Å². The second-order valence-corrected chi connectivity index (χ2v) is 10.4. The van der Waals surface area contributed by atoms with E-state index in [-0.39, 0.29) is 0 Å². The summed E-state index contributed by atoms with van der Waals surface area (Å²) in [6, 6.07) is 6.31. The number of nitrogens with zero attached hydrogens (tertiary/aromatic N) is 3. The first-order valence-corrected chi connectivity index (χ1v) is 12.1. The van der Waals surface area contributed by atoms with Crippen molar-refractivity contribution in [3.05, 3.63) is 41.0 Å². The Morgan fingerprint density at radius 3 is 2.36 bits per heavy atom. The van der Waals surface area contributed by atoms with Crippen LogP contribution in [0, 0.1) is 0 Å². The minimum absolute atomic E-state index is 0.401. The summed E-state index contributed by atoms with van der Waals surface area (Å²) in [6.45, 7) is 17.5. The van der Waals surface area contributed by atoms with Crippen molar-refractivity contribution in [1.29, 1.82) is 0 Å². The van der Waals surface area contributed by atoms with Crippen LogP contribution in [-0.2, 0) is 39.2 Å². The minimum atomic E-state index is -1.08. The summed E-state index contributed by atoms with van der Waals surface area (Å²) in [5, 5.41) is 15.1. The quantitative estimate of drug-likeness (QED) is 0.548. The Morgan fingerprint density at radius 2 is 1.79 bits per heavy atom. The second kappa shape index (κ2) is 9.86. The lowest BCUT2D eigenvalue weighted by molar-refractivity contribution is 0.00578. The normalized spacial score (nSPS) is 17.7. The summed E-state index contributed by atoms with van der Waals surface area (Å²) in [5.41, 5.74) is 1.25. The Kier molecular flexibility index (Phi) is 7.73. The fourth-order valence-corrected chi connectivity index (χ4v) is 3.75. The van der Waals surface area contributed by atoms with Crippen LogP contribution in [0.3, 0.4) is 0 Å². The van der Waals surface area contributed by atoms with Crippen LogP contribution in [0.25, 0.3) is 0 Å². The molecule has 0 aliphatic carbocycles. The van der Waals surface area contributed by atoms with Gasteiger partial charge >= 0.3 is 7.12 Å². The summed E-state index contributed by atoms with van der Waals surface area (Å²) in [5.74, 6) is 1.35. The third-order valence-electron chi connectivity index (χ3n) is 6.56. The highest BCUT2D eigenvalue weighted by molar-refractivity contribution is 6.62. The zero-order valence-corrected chi connectivity index (χ0v) is 21.6. The third kappa shape index (κ3) is 5.85. The molecule has 1 aliphatic heterocycles. The lowest BCUT2D eigenvalue weighted by Crippen LogP contribution is -2.41. The number of hydrogen-bond donors (Lipinski definition) is 1. The maximum Gasteiger partial charge on any atom is 0.495 e. The largest absolute Gasteiger partial charge is 0.495 e. The molecule has 7 nitrogen and oxygen atoms in total. The number of rotatable bonds is 10. The highest BCUT2D eigenvalue weighted by atomic mass is 16.7. The van der Waals surface area contributed by atoms with Gasteiger partial charge in [0.1, 0.15) is 11.4 Å². The zero-order valence-electron chi connectivity index (χ0n) is 21.6. The van der Waals surface area contributed by atoms with Crippen LogP contribution in [0.15, 0.2) is 18.2 Å². The van der Waals surface area contributed by atoms with E-state index in [9.17, 15) is 5.11 Å². The Bertz CT molecular complexity index is 934. The number of aromatic nitrogens is 3. The molecular formula is C25H40BN3O4. The molecule has 1 aromatic carbocycles. The summed E-state index contributed by atoms with van der Waals surface area (Å²) in [6.07, 6.45) is 2.93. The zero-order chi connectivity index (χ0) is 24.4. The molecule has 33 heavy (non-hydrogen) atoms. The molecule has 0 unspecified atom stereocenters. The summed E-state index contributed by atoms with van der Waals surface area (Å²) in [7, 11) is -0.437. The monoisotopic (exact) mass is 457 g/mol. The van der Waals surface area contributed by atoms with Crippen molar-refractivity contribution < 1.29 is 19.2 Å². The van der Waals surface area contributed by atoms with Crippen molar-refractivity contribution >= 4 is 12.6 Å². The number of aliphatic hydroxyl groups is 1. The Labute approximate surface area is 199 Å². The van der Waals surface area contributed by atoms with Crippen molar-refractivity contribution in [1.82, 2.24) is 14.8 Å². The number of hydrogen-bond acceptors (Lipinski definition) is 6. The molecule has 0 amide bonds. The average molecular weight is 457 g/mol. The van der Waals surface area contributed by atoms with Gasteiger partial charge in [-0.05, 0) is 71.5 Å². The Hall–Kier alpha value is -1.74. The molecule has 1 aromatic heterocycles. The molecule has 8 heteroatoms. The van der Waals surface area contributed by atoms with E-state index in [1.807, 2.05) is 11.6 Å². The van der Waals surface area contributed by atoms with E-state index in [4.69, 9.17) is 14.0 Å². The van der Waals surface area contributed by atoms with Crippen molar-refractivity contribution in [3.63, 3.8) is 0 Å². The van der Waals surface area contributed by atoms with Crippen LogP contribution in [0.5, 0.6) is 0 Å². The number of ether oxygens (including phenoxy) is 1. The maximum absolute atomic E-state index is 10.4. The van der Waals surface area contributed by atoms with Gasteiger partial charge < -0.3 is 19.2 Å². The van der Waals surface area contributed by atoms with E-state index in [0.29, 0.717) is 25.6 Å². The molecule has 2 heterocycles. The first kappa shape index (κ1) is 25.9. The van der Waals surface area contributed by atoms with Gasteiger partial charge in [0.15, 0.2) is 5.82 Å². The molecule has 0 atom stereocenters. The molecule has 0 radical (unpaired) electrons. The first-order valence-electron chi connectivity index (χ1n) is 12.1. The predicted octanol–water partition coefficient (Wildman–Crippen LogP) is 3.73. The smallest absolute Gasteiger partial charge is 0.399 e. The van der Waals surface area contributed by atoms with Crippen molar-refractivity contribution in [2.45, 2.75) is 105 Å². The van der Waals surface area contributed by atoms with Gasteiger partial charge in [-0.2, -0.15) is 5.10 Å². The van der Waals surface area contributed by atoms with Crippen LogP contribution < -0.4 is 5.46 Å². The molecule has 2 aromatic rings. The van der Waals surface area contributed by atoms with E-state index in [1.54, 1.807) is 13.8 Å². The molecule has 0 bridgehead atoms. The number of unbranched alkanes of at least 4 members (excludes halogenated alkanes) is 1. The highest BCUT2D eigenvalue weighted by Crippen LogP contribution is 2.36. The maximum atomic E-state index is 10.4. The van der Waals surface area contributed by atoms with Crippen LogP contribution in [0.2, 0.25) is 0 Å². The highest BCUT2D eigenvalue weighted by Gasteiger charge is 2.52. The second-order valence-electron chi connectivity index (χ2n) is 10.4. The standard InChI is InChI=1S/C25H40BN3O4/c1-9-11-12-21-27-22(23(3,4)30)28-29(21)16-18-13-14-20(19(15-18)17-31-10-2)26-32-24(5,6)25(7,8)33-26/h13-15,30H,9-12,16-17H2,1-8H3. The minimum Gasteiger partial charge on any atom is -0.399 e. The van der Waals surface area contributed by atoms with Gasteiger partial charge in [-0.3, -0.25) is 0 Å². The van der Waals surface area contributed by atoms with Crippen molar-refractivity contribution in [2.75, 3.05) is 6.61 Å². The van der Waals surface area contributed by atoms with Crippen molar-refractivity contribution in [2.24, 2.45) is 0 Å². The Morgan fingerprint density at radius 1 is 1.12 bits per heavy atom. The van der Waals surface area contributed by atoms with Gasteiger partial charge in [0.25, 0.3) is 0 Å². The SMILES string of the molecule is CCCCc1nc(C(C)(C)O)nn1Cc1ccc(B2OC(C)(C)C(C)(C)O2)c(COCC)c1. The fourth-order valence-electron chi connectivity index (χ4n) is 3.75. The molecule has 1 aliphatic rings. The van der Waals surface area contributed by atoms with Gasteiger partial charge in [-0.1, -0.05) is 31.5 Å². The number of benzene rings is 1. The summed E-state index contributed by atoms with van der Waals surface area (Å²) in [4.78, 5) is 4.64. The molecule has 3 rings (SSSR count). The van der Waals surface area contributed by atoms with E-state index in [2.05, 4.69) is 62.9 Å². The molecule has 1 fully saturated rings. The number of aryl methyl sites for hydroxylation is 1. The van der Waals surface area contributed by atoms with Crippen LogP contribution >= 0.6 is 0 Å². The topological polar surface area (TPSA) is 78.6 Å². The van der Waals surface area contributed by atoms with Gasteiger partial charge in [0.05, 0.1) is 24.4 Å². The summed E-state index contributed by atoms with van der Waals surface area (Å²) >= 11 is 0. The molecule has 1 N–H and O–H groups in total. The predicted molar refractivity (Wildman–Crippen MR) is 130 cm³/mol.